The van der Waals surface area contributed by atoms with E-state index in [4.69, 9.17) is 0 Å². The van der Waals surface area contributed by atoms with Gasteiger partial charge in [-0.05, 0) is 23.6 Å². The molecule has 0 unspecified atom stereocenters. The Morgan fingerprint density at radius 1 is 1.23 bits per heavy atom. The molecule has 1 amide bonds. The van der Waals surface area contributed by atoms with E-state index in [1.165, 1.54) is 5.56 Å². The summed E-state index contributed by atoms with van der Waals surface area (Å²) in [5, 5.41) is 2.89. The second-order valence-corrected chi connectivity index (χ2v) is 5.84. The van der Waals surface area contributed by atoms with Crippen LogP contribution in [0.15, 0.2) is 48.7 Å². The zero-order valence-electron chi connectivity index (χ0n) is 13.4. The van der Waals surface area contributed by atoms with Gasteiger partial charge in [0.1, 0.15) is 5.69 Å². The van der Waals surface area contributed by atoms with Crippen LogP contribution in [0.4, 0.5) is 5.69 Å². The van der Waals surface area contributed by atoms with E-state index < -0.39 is 0 Å². The molecule has 0 fully saturated rings. The molecule has 0 aliphatic carbocycles. The molecule has 1 aromatic carbocycles. The maximum Gasteiger partial charge on any atom is 0.269 e. The fourth-order valence-corrected chi connectivity index (χ4v) is 2.12. The van der Waals surface area contributed by atoms with Crippen molar-refractivity contribution < 1.29 is 4.79 Å². The van der Waals surface area contributed by atoms with E-state index in [1.807, 2.05) is 37.4 Å². The van der Waals surface area contributed by atoms with E-state index in [9.17, 15) is 4.79 Å². The number of anilines is 1. The first kappa shape index (κ1) is 16.0. The van der Waals surface area contributed by atoms with Gasteiger partial charge < -0.3 is 10.2 Å². The highest BCUT2D eigenvalue weighted by atomic mass is 16.1. The van der Waals surface area contributed by atoms with E-state index in [0.717, 1.165) is 12.2 Å². The summed E-state index contributed by atoms with van der Waals surface area (Å²) < 4.78 is 0. The molecule has 0 radical (unpaired) electrons. The van der Waals surface area contributed by atoms with E-state index in [2.05, 4.69) is 41.2 Å². The number of hydrogen-bond donors (Lipinski definition) is 1. The Bertz CT molecular complexity index is 611. The van der Waals surface area contributed by atoms with Gasteiger partial charge in [0, 0.05) is 32.0 Å². The first-order valence-corrected chi connectivity index (χ1v) is 7.55. The van der Waals surface area contributed by atoms with Crippen LogP contribution in [0.3, 0.4) is 0 Å². The largest absolute Gasteiger partial charge is 0.370 e. The number of nitrogens with zero attached hydrogens (tertiary/aromatic N) is 2. The first-order chi connectivity index (χ1) is 10.6. The lowest BCUT2D eigenvalue weighted by atomic mass is 10.2. The van der Waals surface area contributed by atoms with Crippen LogP contribution in [0.1, 0.15) is 29.9 Å². The summed E-state index contributed by atoms with van der Waals surface area (Å²) in [7, 11) is 2.01. The van der Waals surface area contributed by atoms with Gasteiger partial charge in [-0.3, -0.25) is 9.78 Å². The zero-order chi connectivity index (χ0) is 15.9. The number of carbonyl (C=O) groups excluding carboxylic acids is 1. The zero-order valence-corrected chi connectivity index (χ0v) is 13.4. The quantitative estimate of drug-likeness (QED) is 0.891. The SMILES string of the molecule is CC(C)CNC(=O)c1cc(N(C)Cc2ccccc2)ccn1. The Balaban J connectivity index is 2.05. The lowest BCUT2D eigenvalue weighted by Gasteiger charge is -2.20. The van der Waals surface area contributed by atoms with E-state index in [0.29, 0.717) is 18.2 Å². The van der Waals surface area contributed by atoms with E-state index in [1.54, 1.807) is 6.20 Å². The van der Waals surface area contributed by atoms with Crippen LogP contribution in [0.5, 0.6) is 0 Å². The predicted octanol–water partition coefficient (Wildman–Crippen LogP) is 3.10. The van der Waals surface area contributed by atoms with Crippen molar-refractivity contribution in [3.63, 3.8) is 0 Å². The summed E-state index contributed by atoms with van der Waals surface area (Å²) in [6.45, 7) is 5.58. The summed E-state index contributed by atoms with van der Waals surface area (Å²) in [4.78, 5) is 18.4. The lowest BCUT2D eigenvalue weighted by molar-refractivity contribution is 0.0944. The van der Waals surface area contributed by atoms with Gasteiger partial charge in [-0.15, -0.1) is 0 Å². The molecule has 0 saturated carbocycles. The van der Waals surface area contributed by atoms with Crippen molar-refractivity contribution >= 4 is 11.6 Å². The molecular weight excluding hydrogens is 274 g/mol. The van der Waals surface area contributed by atoms with Gasteiger partial charge in [0.05, 0.1) is 0 Å². The van der Waals surface area contributed by atoms with Gasteiger partial charge in [-0.25, -0.2) is 0 Å². The average Bonchev–Trinajstić information content (AvgIpc) is 2.53. The van der Waals surface area contributed by atoms with Crippen LogP contribution >= 0.6 is 0 Å². The summed E-state index contributed by atoms with van der Waals surface area (Å²) in [6.07, 6.45) is 1.68. The maximum atomic E-state index is 12.1. The topological polar surface area (TPSA) is 45.2 Å². The standard InChI is InChI=1S/C18H23N3O/c1-14(2)12-20-18(22)17-11-16(9-10-19-17)21(3)13-15-7-5-4-6-8-15/h4-11,14H,12-13H2,1-3H3,(H,20,22). The molecule has 0 bridgehead atoms. The minimum absolute atomic E-state index is 0.122. The molecule has 1 aromatic heterocycles. The Morgan fingerprint density at radius 2 is 1.95 bits per heavy atom. The molecule has 116 valence electrons. The molecule has 2 aromatic rings. The molecule has 4 nitrogen and oxygen atoms in total. The summed E-state index contributed by atoms with van der Waals surface area (Å²) >= 11 is 0. The number of nitrogens with one attached hydrogen (secondary N) is 1. The van der Waals surface area contributed by atoms with Crippen molar-refractivity contribution in [3.05, 3.63) is 59.9 Å². The number of aromatic nitrogens is 1. The molecule has 0 saturated heterocycles. The summed E-state index contributed by atoms with van der Waals surface area (Å²) in [5.41, 5.74) is 2.67. The number of benzene rings is 1. The monoisotopic (exact) mass is 297 g/mol. The van der Waals surface area contributed by atoms with Crippen molar-refractivity contribution in [1.82, 2.24) is 10.3 Å². The lowest BCUT2D eigenvalue weighted by Crippen LogP contribution is -2.28. The molecule has 1 heterocycles. The molecule has 0 aliphatic rings. The molecule has 0 spiro atoms. The second-order valence-electron chi connectivity index (χ2n) is 5.84. The Labute approximate surface area is 132 Å². The van der Waals surface area contributed by atoms with Crippen LogP contribution in [-0.4, -0.2) is 24.5 Å². The van der Waals surface area contributed by atoms with Crippen molar-refractivity contribution in [2.75, 3.05) is 18.5 Å². The van der Waals surface area contributed by atoms with Crippen LogP contribution in [0.25, 0.3) is 0 Å². The molecular formula is C18H23N3O. The molecule has 1 N–H and O–H groups in total. The maximum absolute atomic E-state index is 12.1. The van der Waals surface area contributed by atoms with Crippen LogP contribution in [0.2, 0.25) is 0 Å². The Hall–Kier alpha value is -2.36. The van der Waals surface area contributed by atoms with Gasteiger partial charge in [0.2, 0.25) is 0 Å². The summed E-state index contributed by atoms with van der Waals surface area (Å²) in [5.74, 6) is 0.302. The van der Waals surface area contributed by atoms with Crippen LogP contribution in [0, 0.1) is 5.92 Å². The van der Waals surface area contributed by atoms with Crippen LogP contribution in [-0.2, 0) is 6.54 Å². The minimum atomic E-state index is -0.122. The molecule has 4 heteroatoms. The number of hydrogen-bond acceptors (Lipinski definition) is 3. The predicted molar refractivity (Wildman–Crippen MR) is 90.0 cm³/mol. The summed E-state index contributed by atoms with van der Waals surface area (Å²) in [6, 6.07) is 14.0. The van der Waals surface area contributed by atoms with E-state index in [-0.39, 0.29) is 5.91 Å². The Morgan fingerprint density at radius 3 is 2.64 bits per heavy atom. The number of rotatable bonds is 6. The smallest absolute Gasteiger partial charge is 0.269 e. The van der Waals surface area contributed by atoms with Gasteiger partial charge >= 0.3 is 0 Å². The highest BCUT2D eigenvalue weighted by Crippen LogP contribution is 2.16. The van der Waals surface area contributed by atoms with Crippen molar-refractivity contribution in [2.45, 2.75) is 20.4 Å². The normalized spacial score (nSPS) is 10.5. The molecule has 0 aliphatic heterocycles. The molecule has 22 heavy (non-hydrogen) atoms. The number of amides is 1. The van der Waals surface area contributed by atoms with Gasteiger partial charge in [-0.2, -0.15) is 0 Å². The Kier molecular flexibility index (Phi) is 5.53. The fraction of sp³-hybridized carbons (Fsp3) is 0.333. The van der Waals surface area contributed by atoms with Gasteiger partial charge in [0.15, 0.2) is 0 Å². The number of carbonyl (C=O) groups is 1. The highest BCUT2D eigenvalue weighted by Gasteiger charge is 2.10. The molecule has 0 atom stereocenters. The number of pyridine rings is 1. The minimum Gasteiger partial charge on any atom is -0.370 e. The van der Waals surface area contributed by atoms with Crippen LogP contribution < -0.4 is 10.2 Å². The first-order valence-electron chi connectivity index (χ1n) is 7.55. The van der Waals surface area contributed by atoms with E-state index >= 15 is 0 Å². The highest BCUT2D eigenvalue weighted by molar-refractivity contribution is 5.93. The third kappa shape index (κ3) is 4.58. The van der Waals surface area contributed by atoms with Crippen molar-refractivity contribution in [1.29, 1.82) is 0 Å². The van der Waals surface area contributed by atoms with Gasteiger partial charge in [0.25, 0.3) is 5.91 Å². The third-order valence-corrected chi connectivity index (χ3v) is 3.35. The second kappa shape index (κ2) is 7.59. The average molecular weight is 297 g/mol. The van der Waals surface area contributed by atoms with Crippen molar-refractivity contribution in [2.24, 2.45) is 5.92 Å². The van der Waals surface area contributed by atoms with Gasteiger partial charge in [-0.1, -0.05) is 44.2 Å². The molecule has 2 rings (SSSR count). The third-order valence-electron chi connectivity index (χ3n) is 3.35. The fourth-order valence-electron chi connectivity index (χ4n) is 2.12. The van der Waals surface area contributed by atoms with Crippen molar-refractivity contribution in [3.8, 4) is 0 Å².